The Hall–Kier alpha value is -1.52. The first kappa shape index (κ1) is 12.0. The Labute approximate surface area is 106 Å². The van der Waals surface area contributed by atoms with Crippen molar-refractivity contribution in [2.24, 2.45) is 0 Å². The van der Waals surface area contributed by atoms with E-state index in [1.807, 2.05) is 0 Å². The molecule has 0 radical (unpaired) electrons. The third-order valence-corrected chi connectivity index (χ3v) is 2.53. The zero-order chi connectivity index (χ0) is 12.4. The van der Waals surface area contributed by atoms with Gasteiger partial charge < -0.3 is 0 Å². The normalized spacial score (nSPS) is 10.3. The van der Waals surface area contributed by atoms with Crippen LogP contribution in [0, 0.1) is 5.82 Å². The summed E-state index contributed by atoms with van der Waals surface area (Å²) in [6.45, 7) is 0. The molecule has 2 rings (SSSR count). The number of benzene rings is 1. The molecule has 0 aliphatic rings. The van der Waals surface area contributed by atoms with Crippen LogP contribution in [0.2, 0.25) is 10.3 Å². The summed E-state index contributed by atoms with van der Waals surface area (Å²) >= 11 is 11.4. The standard InChI is InChI=1S/C11H5Cl2FN2O/c12-9-5-8(11(13)16-15-9)10(17)6-1-3-7(14)4-2-6/h1-5H. The maximum absolute atomic E-state index is 12.7. The SMILES string of the molecule is O=C(c1ccc(F)cc1)c1cc(Cl)nnc1Cl. The maximum atomic E-state index is 12.7. The molecule has 0 bridgehead atoms. The average Bonchev–Trinajstić information content (AvgIpc) is 2.32. The van der Waals surface area contributed by atoms with Crippen LogP contribution in [0.15, 0.2) is 30.3 Å². The highest BCUT2D eigenvalue weighted by Gasteiger charge is 2.15. The van der Waals surface area contributed by atoms with Crippen molar-refractivity contribution in [2.45, 2.75) is 0 Å². The molecule has 0 aliphatic heterocycles. The molecule has 0 N–H and O–H groups in total. The fourth-order valence-electron chi connectivity index (χ4n) is 1.27. The van der Waals surface area contributed by atoms with Gasteiger partial charge >= 0.3 is 0 Å². The minimum Gasteiger partial charge on any atom is -0.288 e. The summed E-state index contributed by atoms with van der Waals surface area (Å²) in [5, 5.41) is 7.06. The second-order valence-electron chi connectivity index (χ2n) is 3.21. The molecule has 0 fully saturated rings. The van der Waals surface area contributed by atoms with Gasteiger partial charge in [-0.25, -0.2) is 4.39 Å². The number of carbonyl (C=O) groups is 1. The van der Waals surface area contributed by atoms with Gasteiger partial charge in [0.25, 0.3) is 0 Å². The summed E-state index contributed by atoms with van der Waals surface area (Å²) < 4.78 is 12.7. The molecule has 1 aromatic heterocycles. The molecule has 0 saturated heterocycles. The van der Waals surface area contributed by atoms with Gasteiger partial charge in [0.05, 0.1) is 5.56 Å². The molecule has 6 heteroatoms. The highest BCUT2D eigenvalue weighted by Crippen LogP contribution is 2.19. The van der Waals surface area contributed by atoms with E-state index in [0.29, 0.717) is 5.56 Å². The van der Waals surface area contributed by atoms with Gasteiger partial charge in [-0.2, -0.15) is 0 Å². The summed E-state index contributed by atoms with van der Waals surface area (Å²) in [4.78, 5) is 12.0. The Bertz CT molecular complexity index is 572. The predicted molar refractivity (Wildman–Crippen MR) is 61.9 cm³/mol. The first-order valence-electron chi connectivity index (χ1n) is 4.57. The van der Waals surface area contributed by atoms with Crippen molar-refractivity contribution >= 4 is 29.0 Å². The molecule has 0 atom stereocenters. The van der Waals surface area contributed by atoms with Crippen LogP contribution < -0.4 is 0 Å². The molecule has 2 aromatic rings. The van der Waals surface area contributed by atoms with E-state index in [1.54, 1.807) is 0 Å². The number of halogens is 3. The third kappa shape index (κ3) is 2.60. The van der Waals surface area contributed by atoms with Gasteiger partial charge in [0, 0.05) is 5.56 Å². The molecular weight excluding hydrogens is 266 g/mol. The summed E-state index contributed by atoms with van der Waals surface area (Å²) in [6, 6.07) is 6.43. The van der Waals surface area contributed by atoms with Gasteiger partial charge in [0.1, 0.15) is 5.82 Å². The number of hydrogen-bond donors (Lipinski definition) is 0. The van der Waals surface area contributed by atoms with Crippen molar-refractivity contribution in [1.82, 2.24) is 10.2 Å². The zero-order valence-corrected chi connectivity index (χ0v) is 9.84. The second-order valence-corrected chi connectivity index (χ2v) is 3.95. The number of carbonyl (C=O) groups excluding carboxylic acids is 1. The van der Waals surface area contributed by atoms with Gasteiger partial charge in [-0.15, -0.1) is 10.2 Å². The van der Waals surface area contributed by atoms with E-state index < -0.39 is 5.82 Å². The number of aromatic nitrogens is 2. The highest BCUT2D eigenvalue weighted by atomic mass is 35.5. The third-order valence-electron chi connectivity index (χ3n) is 2.07. The fraction of sp³-hybridized carbons (Fsp3) is 0. The van der Waals surface area contributed by atoms with Gasteiger partial charge in [-0.05, 0) is 30.3 Å². The van der Waals surface area contributed by atoms with Crippen molar-refractivity contribution in [1.29, 1.82) is 0 Å². The Balaban J connectivity index is 2.43. The lowest BCUT2D eigenvalue weighted by atomic mass is 10.1. The molecule has 0 unspecified atom stereocenters. The molecule has 1 heterocycles. The van der Waals surface area contributed by atoms with E-state index in [2.05, 4.69) is 10.2 Å². The van der Waals surface area contributed by atoms with Crippen LogP contribution in [0.3, 0.4) is 0 Å². The van der Waals surface area contributed by atoms with Crippen LogP contribution in [0.5, 0.6) is 0 Å². The smallest absolute Gasteiger partial charge is 0.196 e. The molecule has 17 heavy (non-hydrogen) atoms. The van der Waals surface area contributed by atoms with Crippen molar-refractivity contribution in [3.63, 3.8) is 0 Å². The minimum absolute atomic E-state index is 0.0382. The summed E-state index contributed by atoms with van der Waals surface area (Å²) in [6.07, 6.45) is 0. The monoisotopic (exact) mass is 270 g/mol. The summed E-state index contributed by atoms with van der Waals surface area (Å²) in [5.74, 6) is -0.801. The minimum atomic E-state index is -0.418. The number of rotatable bonds is 2. The van der Waals surface area contributed by atoms with Crippen molar-refractivity contribution in [3.8, 4) is 0 Å². The maximum Gasteiger partial charge on any atom is 0.196 e. The van der Waals surface area contributed by atoms with Crippen molar-refractivity contribution < 1.29 is 9.18 Å². The number of hydrogen-bond acceptors (Lipinski definition) is 3. The van der Waals surface area contributed by atoms with Crippen LogP contribution in [-0.2, 0) is 0 Å². The van der Waals surface area contributed by atoms with Crippen molar-refractivity contribution in [3.05, 3.63) is 57.6 Å². The lowest BCUT2D eigenvalue weighted by Gasteiger charge is -2.02. The van der Waals surface area contributed by atoms with E-state index in [4.69, 9.17) is 23.2 Å². The summed E-state index contributed by atoms with van der Waals surface area (Å²) in [7, 11) is 0. The summed E-state index contributed by atoms with van der Waals surface area (Å²) in [5.41, 5.74) is 0.440. The van der Waals surface area contributed by atoms with E-state index in [1.165, 1.54) is 30.3 Å². The van der Waals surface area contributed by atoms with E-state index in [0.717, 1.165) is 0 Å². The van der Waals surface area contributed by atoms with E-state index in [9.17, 15) is 9.18 Å². The number of nitrogens with zero attached hydrogens (tertiary/aromatic N) is 2. The molecule has 0 aliphatic carbocycles. The topological polar surface area (TPSA) is 42.9 Å². The zero-order valence-electron chi connectivity index (χ0n) is 8.32. The lowest BCUT2D eigenvalue weighted by molar-refractivity contribution is 0.103. The Morgan fingerprint density at radius 1 is 1.12 bits per heavy atom. The van der Waals surface area contributed by atoms with Crippen LogP contribution in [-0.4, -0.2) is 16.0 Å². The Morgan fingerprint density at radius 3 is 2.41 bits per heavy atom. The van der Waals surface area contributed by atoms with Crippen molar-refractivity contribution in [2.75, 3.05) is 0 Å². The quantitative estimate of drug-likeness (QED) is 0.788. The molecule has 86 valence electrons. The molecule has 3 nitrogen and oxygen atoms in total. The highest BCUT2D eigenvalue weighted by molar-refractivity contribution is 6.35. The van der Waals surface area contributed by atoms with Crippen LogP contribution >= 0.6 is 23.2 Å². The molecule has 0 saturated carbocycles. The Morgan fingerprint density at radius 2 is 1.76 bits per heavy atom. The van der Waals surface area contributed by atoms with E-state index in [-0.39, 0.29) is 21.7 Å². The Kier molecular flexibility index (Phi) is 3.36. The van der Waals surface area contributed by atoms with Gasteiger partial charge in [-0.3, -0.25) is 4.79 Å². The fourth-order valence-corrected chi connectivity index (χ4v) is 1.59. The largest absolute Gasteiger partial charge is 0.288 e. The average molecular weight is 271 g/mol. The first-order chi connectivity index (χ1) is 8.08. The van der Waals surface area contributed by atoms with Gasteiger partial charge in [0.15, 0.2) is 16.1 Å². The number of ketones is 1. The van der Waals surface area contributed by atoms with E-state index >= 15 is 0 Å². The van der Waals surface area contributed by atoms with Crippen LogP contribution in [0.1, 0.15) is 15.9 Å². The molecule has 0 amide bonds. The van der Waals surface area contributed by atoms with Gasteiger partial charge in [0.2, 0.25) is 0 Å². The lowest BCUT2D eigenvalue weighted by Crippen LogP contribution is -2.04. The second kappa shape index (κ2) is 4.77. The van der Waals surface area contributed by atoms with Crippen LogP contribution in [0.25, 0.3) is 0 Å². The predicted octanol–water partition coefficient (Wildman–Crippen LogP) is 3.15. The molecular formula is C11H5Cl2FN2O. The first-order valence-corrected chi connectivity index (χ1v) is 5.32. The van der Waals surface area contributed by atoms with Crippen LogP contribution in [0.4, 0.5) is 4.39 Å². The van der Waals surface area contributed by atoms with Gasteiger partial charge in [-0.1, -0.05) is 23.2 Å². The molecule has 0 spiro atoms. The molecule has 1 aromatic carbocycles.